The van der Waals surface area contributed by atoms with Crippen molar-refractivity contribution in [3.63, 3.8) is 0 Å². The van der Waals surface area contributed by atoms with Gasteiger partial charge >= 0.3 is 0 Å². The van der Waals surface area contributed by atoms with E-state index < -0.39 is 10.0 Å². The quantitative estimate of drug-likeness (QED) is 0.599. The van der Waals surface area contributed by atoms with Gasteiger partial charge in [0.1, 0.15) is 5.75 Å². The van der Waals surface area contributed by atoms with Gasteiger partial charge in [-0.15, -0.1) is 0 Å². The summed E-state index contributed by atoms with van der Waals surface area (Å²) in [7, 11) is -2.18. The number of para-hydroxylation sites is 1. The van der Waals surface area contributed by atoms with Crippen LogP contribution in [0.15, 0.2) is 83.8 Å². The van der Waals surface area contributed by atoms with E-state index in [9.17, 15) is 13.2 Å². The van der Waals surface area contributed by atoms with Gasteiger partial charge < -0.3 is 9.64 Å². The third-order valence-corrected chi connectivity index (χ3v) is 6.09. The highest BCUT2D eigenvalue weighted by Crippen LogP contribution is 2.18. The van der Waals surface area contributed by atoms with Gasteiger partial charge in [0.2, 0.25) is 10.0 Å². The Hall–Kier alpha value is -3.16. The van der Waals surface area contributed by atoms with E-state index in [2.05, 4.69) is 4.72 Å². The maximum absolute atomic E-state index is 13.1. The van der Waals surface area contributed by atoms with E-state index in [1.165, 1.54) is 19.2 Å². The number of nitrogens with zero attached hydrogens (tertiary/aromatic N) is 1. The fourth-order valence-electron chi connectivity index (χ4n) is 2.94. The van der Waals surface area contributed by atoms with Crippen LogP contribution in [0.5, 0.6) is 5.75 Å². The van der Waals surface area contributed by atoms with Crippen LogP contribution < -0.4 is 14.4 Å². The zero-order valence-electron chi connectivity index (χ0n) is 16.9. The molecule has 0 radical (unpaired) electrons. The van der Waals surface area contributed by atoms with Crippen LogP contribution in [0.2, 0.25) is 0 Å². The number of carbonyl (C=O) groups is 1. The molecule has 6 nitrogen and oxygen atoms in total. The first-order valence-electron chi connectivity index (χ1n) is 9.48. The number of hydrogen-bond acceptors (Lipinski definition) is 4. The number of rotatable bonds is 8. The zero-order valence-corrected chi connectivity index (χ0v) is 17.7. The summed E-state index contributed by atoms with van der Waals surface area (Å²) < 4.78 is 32.8. The highest BCUT2D eigenvalue weighted by Gasteiger charge is 2.19. The molecule has 1 amide bonds. The van der Waals surface area contributed by atoms with Crippen molar-refractivity contribution in [1.29, 1.82) is 0 Å². The third-order valence-electron chi connectivity index (χ3n) is 4.61. The fourth-order valence-corrected chi connectivity index (χ4v) is 3.96. The summed E-state index contributed by atoms with van der Waals surface area (Å²) in [5.74, 6) is 0.387. The summed E-state index contributed by atoms with van der Waals surface area (Å²) in [6, 6.07) is 22.6. The van der Waals surface area contributed by atoms with Crippen molar-refractivity contribution in [3.05, 3.63) is 90.0 Å². The van der Waals surface area contributed by atoms with Gasteiger partial charge in [0.15, 0.2) is 0 Å². The van der Waals surface area contributed by atoms with Crippen molar-refractivity contribution in [2.75, 3.05) is 25.1 Å². The lowest BCUT2D eigenvalue weighted by Crippen LogP contribution is -2.38. The molecule has 0 aliphatic carbocycles. The third kappa shape index (κ3) is 5.25. The summed E-state index contributed by atoms with van der Waals surface area (Å²) >= 11 is 0. The number of aryl methyl sites for hydroxylation is 1. The topological polar surface area (TPSA) is 75.7 Å². The second-order valence-electron chi connectivity index (χ2n) is 6.73. The molecule has 0 bridgehead atoms. The van der Waals surface area contributed by atoms with E-state index in [0.29, 0.717) is 17.0 Å². The Labute approximate surface area is 177 Å². The lowest BCUT2D eigenvalue weighted by atomic mass is 10.1. The molecule has 0 aliphatic heterocycles. The van der Waals surface area contributed by atoms with Crippen molar-refractivity contribution in [2.24, 2.45) is 0 Å². The van der Waals surface area contributed by atoms with Crippen LogP contribution in [0.25, 0.3) is 0 Å². The standard InChI is InChI=1S/C23H24N2O4S/c1-18-8-10-19(11-9-18)23(26)25(20-6-4-3-5-7-20)17-16-24-30(27,28)22-14-12-21(29-2)13-15-22/h3-15,24H,16-17H2,1-2H3. The maximum atomic E-state index is 13.1. The van der Waals surface area contributed by atoms with Crippen LogP contribution >= 0.6 is 0 Å². The van der Waals surface area contributed by atoms with Crippen LogP contribution in [0.4, 0.5) is 5.69 Å². The number of sulfonamides is 1. The number of amides is 1. The smallest absolute Gasteiger partial charge is 0.258 e. The maximum Gasteiger partial charge on any atom is 0.258 e. The fraction of sp³-hybridized carbons (Fsp3) is 0.174. The predicted molar refractivity (Wildman–Crippen MR) is 117 cm³/mol. The Morgan fingerprint density at radius 3 is 2.17 bits per heavy atom. The molecule has 0 heterocycles. The minimum atomic E-state index is -3.70. The van der Waals surface area contributed by atoms with E-state index in [0.717, 1.165) is 5.56 Å². The van der Waals surface area contributed by atoms with E-state index in [4.69, 9.17) is 4.74 Å². The SMILES string of the molecule is COc1ccc(S(=O)(=O)NCCN(C(=O)c2ccc(C)cc2)c2ccccc2)cc1. The number of nitrogens with one attached hydrogen (secondary N) is 1. The van der Waals surface area contributed by atoms with Gasteiger partial charge in [-0.3, -0.25) is 4.79 Å². The van der Waals surface area contributed by atoms with Gasteiger partial charge in [0, 0.05) is 24.3 Å². The molecular weight excluding hydrogens is 400 g/mol. The first-order valence-corrected chi connectivity index (χ1v) is 11.0. The second-order valence-corrected chi connectivity index (χ2v) is 8.50. The van der Waals surface area contributed by atoms with E-state index in [-0.39, 0.29) is 23.9 Å². The number of carbonyl (C=O) groups excluding carboxylic acids is 1. The minimum absolute atomic E-state index is 0.0703. The molecule has 30 heavy (non-hydrogen) atoms. The first-order chi connectivity index (χ1) is 14.4. The van der Waals surface area contributed by atoms with E-state index in [1.54, 1.807) is 29.2 Å². The highest BCUT2D eigenvalue weighted by molar-refractivity contribution is 7.89. The van der Waals surface area contributed by atoms with Gasteiger partial charge in [-0.05, 0) is 55.5 Å². The number of ether oxygens (including phenoxy) is 1. The van der Waals surface area contributed by atoms with Gasteiger partial charge in [-0.2, -0.15) is 0 Å². The highest BCUT2D eigenvalue weighted by atomic mass is 32.2. The summed E-state index contributed by atoms with van der Waals surface area (Å²) in [5.41, 5.74) is 2.30. The van der Waals surface area contributed by atoms with Gasteiger partial charge in [0.05, 0.1) is 12.0 Å². The Kier molecular flexibility index (Phi) is 6.87. The molecule has 156 valence electrons. The van der Waals surface area contributed by atoms with Crippen LogP contribution in [0.1, 0.15) is 15.9 Å². The zero-order chi connectivity index (χ0) is 21.6. The average Bonchev–Trinajstić information content (AvgIpc) is 2.77. The Bertz CT molecular complexity index is 1080. The molecule has 1 N–H and O–H groups in total. The molecule has 0 spiro atoms. The molecule has 3 rings (SSSR count). The second kappa shape index (κ2) is 9.56. The number of benzene rings is 3. The van der Waals surface area contributed by atoms with Crippen molar-refractivity contribution in [1.82, 2.24) is 4.72 Å². The minimum Gasteiger partial charge on any atom is -0.497 e. The summed E-state index contributed by atoms with van der Waals surface area (Å²) in [4.78, 5) is 14.8. The van der Waals surface area contributed by atoms with Crippen molar-refractivity contribution >= 4 is 21.6 Å². The van der Waals surface area contributed by atoms with Crippen molar-refractivity contribution in [2.45, 2.75) is 11.8 Å². The van der Waals surface area contributed by atoms with Crippen LogP contribution in [-0.4, -0.2) is 34.5 Å². The van der Waals surface area contributed by atoms with Gasteiger partial charge in [-0.1, -0.05) is 35.9 Å². The average molecular weight is 425 g/mol. The normalized spacial score (nSPS) is 11.1. The van der Waals surface area contributed by atoms with Gasteiger partial charge in [0.25, 0.3) is 5.91 Å². The molecule has 0 saturated heterocycles. The summed E-state index contributed by atoms with van der Waals surface area (Å²) in [6.45, 7) is 2.21. The molecule has 3 aromatic carbocycles. The monoisotopic (exact) mass is 424 g/mol. The summed E-state index contributed by atoms with van der Waals surface area (Å²) in [6.07, 6.45) is 0. The van der Waals surface area contributed by atoms with E-state index >= 15 is 0 Å². The Morgan fingerprint density at radius 1 is 0.933 bits per heavy atom. The number of hydrogen-bond donors (Lipinski definition) is 1. The molecular formula is C23H24N2O4S. The first kappa shape index (κ1) is 21.5. The summed E-state index contributed by atoms with van der Waals surface area (Å²) in [5, 5.41) is 0. The molecule has 0 aliphatic rings. The molecule has 3 aromatic rings. The lowest BCUT2D eigenvalue weighted by Gasteiger charge is -2.23. The molecule has 0 aromatic heterocycles. The van der Waals surface area contributed by atoms with Crippen molar-refractivity contribution in [3.8, 4) is 5.75 Å². The van der Waals surface area contributed by atoms with E-state index in [1.807, 2.05) is 49.4 Å². The largest absolute Gasteiger partial charge is 0.497 e. The van der Waals surface area contributed by atoms with Crippen molar-refractivity contribution < 1.29 is 17.9 Å². The number of methoxy groups -OCH3 is 1. The molecule has 0 atom stereocenters. The number of anilines is 1. The van der Waals surface area contributed by atoms with Crippen LogP contribution in [-0.2, 0) is 10.0 Å². The Morgan fingerprint density at radius 2 is 1.57 bits per heavy atom. The van der Waals surface area contributed by atoms with Crippen LogP contribution in [0, 0.1) is 6.92 Å². The molecule has 0 fully saturated rings. The van der Waals surface area contributed by atoms with Crippen LogP contribution in [0.3, 0.4) is 0 Å². The lowest BCUT2D eigenvalue weighted by molar-refractivity contribution is 0.0987. The predicted octanol–water partition coefficient (Wildman–Crippen LogP) is 3.63. The van der Waals surface area contributed by atoms with Gasteiger partial charge in [-0.25, -0.2) is 13.1 Å². The molecule has 0 unspecified atom stereocenters. The Balaban J connectivity index is 1.75. The molecule has 0 saturated carbocycles. The molecule has 7 heteroatoms.